The Balaban J connectivity index is 1.95. The fourth-order valence-corrected chi connectivity index (χ4v) is 3.48. The van der Waals surface area contributed by atoms with Gasteiger partial charge in [0.2, 0.25) is 5.95 Å². The van der Waals surface area contributed by atoms with Gasteiger partial charge in [-0.3, -0.25) is 9.36 Å². The topological polar surface area (TPSA) is 71.2 Å². The molecule has 2 heterocycles. The first-order chi connectivity index (χ1) is 11.5. The molecule has 0 radical (unpaired) electrons. The fraction of sp³-hybridized carbons (Fsp3) is 0.471. The van der Waals surface area contributed by atoms with E-state index in [1.165, 1.54) is 0 Å². The number of carboxylic acid groups (broad SMARTS) is 1. The van der Waals surface area contributed by atoms with Gasteiger partial charge in [-0.1, -0.05) is 18.5 Å². The van der Waals surface area contributed by atoms with E-state index in [-0.39, 0.29) is 12.0 Å². The number of carboxylic acids is 1. The monoisotopic (exact) mass is 348 g/mol. The van der Waals surface area contributed by atoms with Crippen LogP contribution in [0.25, 0.3) is 5.69 Å². The summed E-state index contributed by atoms with van der Waals surface area (Å²) in [4.78, 5) is 13.5. The summed E-state index contributed by atoms with van der Waals surface area (Å²) in [5.74, 6) is 0.579. The molecular weight excluding hydrogens is 328 g/mol. The number of benzene rings is 1. The van der Waals surface area contributed by atoms with Crippen molar-refractivity contribution in [2.75, 3.05) is 11.4 Å². The lowest BCUT2D eigenvalue weighted by Gasteiger charge is -2.38. The molecule has 0 amide bonds. The molecule has 1 aliphatic rings. The molecule has 0 aliphatic carbocycles. The second-order valence-electron chi connectivity index (χ2n) is 6.17. The highest BCUT2D eigenvalue weighted by molar-refractivity contribution is 6.30. The highest BCUT2D eigenvalue weighted by Gasteiger charge is 2.33. The number of hydrogen-bond acceptors (Lipinski definition) is 4. The standard InChI is InChI=1S/C17H21ClN4O2/c1-3-14-10-12(16(23)24)8-9-21(14)17-20-19-11(2)22(17)15-6-4-13(18)5-7-15/h4-7,12,14H,3,8-10H2,1-2H3,(H,23,24). The summed E-state index contributed by atoms with van der Waals surface area (Å²) in [5, 5.41) is 18.6. The van der Waals surface area contributed by atoms with E-state index in [0.29, 0.717) is 24.4 Å². The number of anilines is 1. The minimum Gasteiger partial charge on any atom is -0.481 e. The number of hydrogen-bond donors (Lipinski definition) is 1. The smallest absolute Gasteiger partial charge is 0.306 e. The van der Waals surface area contributed by atoms with E-state index in [2.05, 4.69) is 22.0 Å². The summed E-state index contributed by atoms with van der Waals surface area (Å²) in [5.41, 5.74) is 0.951. The third-order valence-corrected chi connectivity index (χ3v) is 4.94. The predicted molar refractivity (Wildman–Crippen MR) is 92.9 cm³/mol. The van der Waals surface area contributed by atoms with Crippen molar-refractivity contribution in [3.63, 3.8) is 0 Å². The number of carbonyl (C=O) groups is 1. The molecule has 128 valence electrons. The summed E-state index contributed by atoms with van der Waals surface area (Å²) in [6, 6.07) is 7.71. The van der Waals surface area contributed by atoms with Gasteiger partial charge in [0.05, 0.1) is 11.6 Å². The Labute approximate surface area is 146 Å². The molecule has 1 saturated heterocycles. The lowest BCUT2D eigenvalue weighted by atomic mass is 9.90. The van der Waals surface area contributed by atoms with Gasteiger partial charge < -0.3 is 10.0 Å². The molecule has 6 nitrogen and oxygen atoms in total. The molecule has 0 spiro atoms. The molecule has 0 bridgehead atoms. The lowest BCUT2D eigenvalue weighted by molar-refractivity contribution is -0.142. The van der Waals surface area contributed by atoms with Crippen LogP contribution in [0.2, 0.25) is 5.02 Å². The number of aromatic nitrogens is 3. The third-order valence-electron chi connectivity index (χ3n) is 4.69. The predicted octanol–water partition coefficient (Wildman–Crippen LogP) is 3.31. The summed E-state index contributed by atoms with van der Waals surface area (Å²) in [6.07, 6.45) is 2.13. The SMILES string of the molecule is CCC1CC(C(=O)O)CCN1c1nnc(C)n1-c1ccc(Cl)cc1. The van der Waals surface area contributed by atoms with E-state index in [1.807, 2.05) is 35.8 Å². The Morgan fingerprint density at radius 3 is 2.67 bits per heavy atom. The van der Waals surface area contributed by atoms with Crippen LogP contribution >= 0.6 is 11.6 Å². The van der Waals surface area contributed by atoms with Gasteiger partial charge in [0, 0.05) is 17.6 Å². The highest BCUT2D eigenvalue weighted by Crippen LogP contribution is 2.31. The zero-order valence-electron chi connectivity index (χ0n) is 13.8. The normalized spacial score (nSPS) is 21.0. The zero-order valence-corrected chi connectivity index (χ0v) is 14.6. The Morgan fingerprint density at radius 1 is 1.33 bits per heavy atom. The molecule has 24 heavy (non-hydrogen) atoms. The van der Waals surface area contributed by atoms with E-state index in [1.54, 1.807) is 0 Å². The van der Waals surface area contributed by atoms with Crippen LogP contribution in [0.1, 0.15) is 32.0 Å². The van der Waals surface area contributed by atoms with Crippen molar-refractivity contribution in [1.29, 1.82) is 0 Å². The maximum Gasteiger partial charge on any atom is 0.306 e. The summed E-state index contributed by atoms with van der Waals surface area (Å²) in [7, 11) is 0. The van der Waals surface area contributed by atoms with Crippen LogP contribution in [0.3, 0.4) is 0 Å². The molecule has 1 aliphatic heterocycles. The minimum absolute atomic E-state index is 0.148. The van der Waals surface area contributed by atoms with Crippen LogP contribution in [0, 0.1) is 12.8 Å². The summed E-state index contributed by atoms with van der Waals surface area (Å²) in [6.45, 7) is 4.66. The average Bonchev–Trinajstić information content (AvgIpc) is 2.96. The van der Waals surface area contributed by atoms with E-state index in [0.717, 1.165) is 23.9 Å². The lowest BCUT2D eigenvalue weighted by Crippen LogP contribution is -2.45. The van der Waals surface area contributed by atoms with Crippen molar-refractivity contribution in [2.24, 2.45) is 5.92 Å². The Hall–Kier alpha value is -2.08. The molecule has 2 atom stereocenters. The maximum atomic E-state index is 11.3. The minimum atomic E-state index is -0.705. The van der Waals surface area contributed by atoms with Crippen LogP contribution in [0.4, 0.5) is 5.95 Å². The number of aryl methyl sites for hydroxylation is 1. The zero-order chi connectivity index (χ0) is 17.3. The third kappa shape index (κ3) is 3.11. The second kappa shape index (κ2) is 6.81. The highest BCUT2D eigenvalue weighted by atomic mass is 35.5. The molecule has 1 fully saturated rings. The van der Waals surface area contributed by atoms with Gasteiger partial charge in [0.1, 0.15) is 5.82 Å². The molecule has 0 saturated carbocycles. The fourth-order valence-electron chi connectivity index (χ4n) is 3.36. The molecule has 2 aromatic rings. The van der Waals surface area contributed by atoms with Crippen LogP contribution < -0.4 is 4.90 Å². The van der Waals surface area contributed by atoms with E-state index < -0.39 is 5.97 Å². The molecule has 2 unspecified atom stereocenters. The van der Waals surface area contributed by atoms with E-state index in [4.69, 9.17) is 11.6 Å². The van der Waals surface area contributed by atoms with Crippen LogP contribution in [0.5, 0.6) is 0 Å². The number of halogens is 1. The van der Waals surface area contributed by atoms with Gasteiger partial charge in [-0.05, 0) is 50.5 Å². The first-order valence-corrected chi connectivity index (χ1v) is 8.56. The van der Waals surface area contributed by atoms with Crippen molar-refractivity contribution >= 4 is 23.5 Å². The Morgan fingerprint density at radius 2 is 2.04 bits per heavy atom. The number of aliphatic carboxylic acids is 1. The molecule has 7 heteroatoms. The van der Waals surface area contributed by atoms with Gasteiger partial charge in [-0.15, -0.1) is 10.2 Å². The van der Waals surface area contributed by atoms with Gasteiger partial charge in [0.25, 0.3) is 0 Å². The number of piperidine rings is 1. The first-order valence-electron chi connectivity index (χ1n) is 8.18. The average molecular weight is 349 g/mol. The van der Waals surface area contributed by atoms with Crippen molar-refractivity contribution in [1.82, 2.24) is 14.8 Å². The molecule has 1 aromatic carbocycles. The van der Waals surface area contributed by atoms with E-state index >= 15 is 0 Å². The quantitative estimate of drug-likeness (QED) is 0.917. The molecule has 1 N–H and O–H groups in total. The van der Waals surface area contributed by atoms with Crippen molar-refractivity contribution in [3.8, 4) is 5.69 Å². The summed E-state index contributed by atoms with van der Waals surface area (Å²) >= 11 is 5.99. The van der Waals surface area contributed by atoms with Gasteiger partial charge in [-0.25, -0.2) is 0 Å². The summed E-state index contributed by atoms with van der Waals surface area (Å²) < 4.78 is 2.00. The van der Waals surface area contributed by atoms with Crippen LogP contribution in [-0.2, 0) is 4.79 Å². The van der Waals surface area contributed by atoms with Crippen molar-refractivity contribution in [2.45, 2.75) is 39.2 Å². The van der Waals surface area contributed by atoms with Crippen molar-refractivity contribution in [3.05, 3.63) is 35.1 Å². The Kier molecular flexibility index (Phi) is 4.76. The molecule has 1 aromatic heterocycles. The molecule has 3 rings (SSSR count). The number of rotatable bonds is 4. The Bertz CT molecular complexity index is 729. The maximum absolute atomic E-state index is 11.3. The second-order valence-corrected chi connectivity index (χ2v) is 6.61. The largest absolute Gasteiger partial charge is 0.481 e. The van der Waals surface area contributed by atoms with Crippen molar-refractivity contribution < 1.29 is 9.90 Å². The molecular formula is C17H21ClN4O2. The van der Waals surface area contributed by atoms with Gasteiger partial charge >= 0.3 is 5.97 Å². The van der Waals surface area contributed by atoms with E-state index in [9.17, 15) is 9.90 Å². The van der Waals surface area contributed by atoms with Crippen LogP contribution in [0.15, 0.2) is 24.3 Å². The van der Waals surface area contributed by atoms with Crippen LogP contribution in [-0.4, -0.2) is 38.4 Å². The first kappa shape index (κ1) is 16.8. The number of nitrogens with zero attached hydrogens (tertiary/aromatic N) is 4. The van der Waals surface area contributed by atoms with Gasteiger partial charge in [-0.2, -0.15) is 0 Å². The van der Waals surface area contributed by atoms with Gasteiger partial charge in [0.15, 0.2) is 0 Å².